The van der Waals surface area contributed by atoms with Crippen LogP contribution in [0.2, 0.25) is 0 Å². The minimum Gasteiger partial charge on any atom is -0.478 e. The lowest BCUT2D eigenvalue weighted by atomic mass is 10.2. The molecule has 0 spiro atoms. The van der Waals surface area contributed by atoms with Gasteiger partial charge in [0.1, 0.15) is 11.3 Å². The van der Waals surface area contributed by atoms with Crippen LogP contribution in [0.15, 0.2) is 46.9 Å². The maximum atomic E-state index is 13.8. The second-order valence-corrected chi connectivity index (χ2v) is 4.11. The van der Waals surface area contributed by atoms with Crippen LogP contribution in [0, 0.1) is 5.82 Å². The quantitative estimate of drug-likeness (QED) is 0.764. The minimum absolute atomic E-state index is 0.0987. The number of carboxylic acid groups (broad SMARTS) is 1. The number of fused-ring (bicyclic) bond motifs is 1. The number of anilines is 2. The maximum Gasteiger partial charge on any atom is 0.335 e. The third-order valence-electron chi connectivity index (χ3n) is 2.75. The summed E-state index contributed by atoms with van der Waals surface area (Å²) < 4.78 is 19.2. The van der Waals surface area contributed by atoms with Crippen molar-refractivity contribution < 1.29 is 18.7 Å². The molecule has 0 fully saturated rings. The molecule has 1 heterocycles. The van der Waals surface area contributed by atoms with Gasteiger partial charge in [0.05, 0.1) is 11.3 Å². The van der Waals surface area contributed by atoms with Gasteiger partial charge in [-0.1, -0.05) is 12.1 Å². The van der Waals surface area contributed by atoms with Crippen molar-refractivity contribution in [3.63, 3.8) is 0 Å². The Morgan fingerprint density at radius 2 is 2.05 bits per heavy atom. The molecular weight excluding hydrogens is 263 g/mol. The van der Waals surface area contributed by atoms with E-state index in [9.17, 15) is 9.18 Å². The lowest BCUT2D eigenvalue weighted by molar-refractivity contribution is 0.0696. The number of para-hydroxylation sites is 2. The summed E-state index contributed by atoms with van der Waals surface area (Å²) in [5, 5.41) is 11.4. The Kier molecular flexibility index (Phi) is 2.83. The molecule has 1 aromatic heterocycles. The summed E-state index contributed by atoms with van der Waals surface area (Å²) in [6.45, 7) is 0. The number of carboxylic acids is 1. The number of nitrogens with zero attached hydrogens (tertiary/aromatic N) is 1. The van der Waals surface area contributed by atoms with E-state index < -0.39 is 11.8 Å². The molecule has 0 unspecified atom stereocenters. The zero-order chi connectivity index (χ0) is 14.1. The Morgan fingerprint density at radius 3 is 2.75 bits per heavy atom. The van der Waals surface area contributed by atoms with Crippen LogP contribution in [0.1, 0.15) is 10.4 Å². The Bertz CT molecular complexity index is 765. The minimum atomic E-state index is -1.18. The summed E-state index contributed by atoms with van der Waals surface area (Å²) in [5.41, 5.74) is 1.21. The molecule has 0 saturated heterocycles. The van der Waals surface area contributed by atoms with Gasteiger partial charge in [0.2, 0.25) is 0 Å². The predicted molar refractivity (Wildman–Crippen MR) is 70.7 cm³/mol. The maximum absolute atomic E-state index is 13.8. The average Bonchev–Trinajstić information content (AvgIpc) is 2.83. The largest absolute Gasteiger partial charge is 0.478 e. The van der Waals surface area contributed by atoms with Gasteiger partial charge in [-0.15, -0.1) is 0 Å². The highest BCUT2D eigenvalue weighted by Crippen LogP contribution is 2.24. The van der Waals surface area contributed by atoms with Crippen molar-refractivity contribution in [3.05, 3.63) is 53.8 Å². The molecule has 5 nitrogen and oxygen atoms in total. The zero-order valence-corrected chi connectivity index (χ0v) is 10.1. The van der Waals surface area contributed by atoms with Crippen molar-refractivity contribution in [2.24, 2.45) is 0 Å². The Morgan fingerprint density at radius 1 is 1.25 bits per heavy atom. The third kappa shape index (κ3) is 2.18. The predicted octanol–water partition coefficient (Wildman–Crippen LogP) is 3.41. The molecule has 0 aliphatic rings. The summed E-state index contributed by atoms with van der Waals surface area (Å²) in [5.74, 6) is -1.87. The van der Waals surface area contributed by atoms with Crippen molar-refractivity contribution in [1.29, 1.82) is 0 Å². The first-order valence-corrected chi connectivity index (χ1v) is 5.79. The number of hydrogen-bond donors (Lipinski definition) is 2. The number of aromatic nitrogens is 1. The van der Waals surface area contributed by atoms with Crippen LogP contribution < -0.4 is 5.32 Å². The highest BCUT2D eigenvalue weighted by atomic mass is 19.1. The van der Waals surface area contributed by atoms with Gasteiger partial charge in [-0.05, 0) is 30.3 Å². The molecule has 0 radical (unpaired) electrons. The van der Waals surface area contributed by atoms with Crippen molar-refractivity contribution in [2.45, 2.75) is 0 Å². The Labute approximate surface area is 112 Å². The first kappa shape index (κ1) is 12.2. The fraction of sp³-hybridized carbons (Fsp3) is 0. The van der Waals surface area contributed by atoms with Gasteiger partial charge in [-0.25, -0.2) is 9.18 Å². The molecular formula is C14H9FN2O3. The van der Waals surface area contributed by atoms with Crippen molar-refractivity contribution in [2.75, 3.05) is 5.32 Å². The number of benzene rings is 2. The van der Waals surface area contributed by atoms with E-state index in [0.29, 0.717) is 11.1 Å². The zero-order valence-electron chi connectivity index (χ0n) is 10.1. The van der Waals surface area contributed by atoms with Gasteiger partial charge < -0.3 is 14.8 Å². The van der Waals surface area contributed by atoms with Crippen LogP contribution in [-0.4, -0.2) is 16.1 Å². The van der Waals surface area contributed by atoms with E-state index in [2.05, 4.69) is 10.3 Å². The van der Waals surface area contributed by atoms with E-state index in [1.165, 1.54) is 12.1 Å². The van der Waals surface area contributed by atoms with Gasteiger partial charge in [-0.2, -0.15) is 4.98 Å². The SMILES string of the molecule is O=C(O)c1ccc(Nc2nc3ccccc3o2)c(F)c1. The van der Waals surface area contributed by atoms with E-state index in [1.807, 2.05) is 6.07 Å². The summed E-state index contributed by atoms with van der Waals surface area (Å²) in [6, 6.07) is 10.9. The van der Waals surface area contributed by atoms with Gasteiger partial charge in [0.15, 0.2) is 5.58 Å². The van der Waals surface area contributed by atoms with Crippen LogP contribution in [0.3, 0.4) is 0 Å². The molecule has 20 heavy (non-hydrogen) atoms. The molecule has 0 aliphatic carbocycles. The van der Waals surface area contributed by atoms with Crippen LogP contribution in [-0.2, 0) is 0 Å². The molecule has 3 rings (SSSR count). The number of oxazole rings is 1. The summed E-state index contributed by atoms with van der Waals surface area (Å²) >= 11 is 0. The lowest BCUT2D eigenvalue weighted by Crippen LogP contribution is -1.99. The molecule has 0 amide bonds. The lowest BCUT2D eigenvalue weighted by Gasteiger charge is -2.03. The highest BCUT2D eigenvalue weighted by Gasteiger charge is 2.11. The molecule has 0 aliphatic heterocycles. The molecule has 3 aromatic rings. The van der Waals surface area contributed by atoms with Crippen molar-refractivity contribution in [3.8, 4) is 0 Å². The van der Waals surface area contributed by atoms with Gasteiger partial charge in [0, 0.05) is 0 Å². The van der Waals surface area contributed by atoms with E-state index in [0.717, 1.165) is 6.07 Å². The number of halogens is 1. The topological polar surface area (TPSA) is 75.4 Å². The molecule has 100 valence electrons. The van der Waals surface area contributed by atoms with Crippen LogP contribution >= 0.6 is 0 Å². The molecule has 0 atom stereocenters. The van der Waals surface area contributed by atoms with Crippen LogP contribution in [0.4, 0.5) is 16.1 Å². The molecule has 2 N–H and O–H groups in total. The normalized spacial score (nSPS) is 10.7. The highest BCUT2D eigenvalue weighted by molar-refractivity contribution is 5.88. The van der Waals surface area contributed by atoms with Crippen molar-refractivity contribution in [1.82, 2.24) is 4.98 Å². The number of hydrogen-bond acceptors (Lipinski definition) is 4. The van der Waals surface area contributed by atoms with Gasteiger partial charge in [0.25, 0.3) is 6.01 Å². The second kappa shape index (κ2) is 4.65. The fourth-order valence-electron chi connectivity index (χ4n) is 1.79. The number of carbonyl (C=O) groups is 1. The van der Waals surface area contributed by atoms with E-state index in [1.54, 1.807) is 18.2 Å². The van der Waals surface area contributed by atoms with Crippen LogP contribution in [0.25, 0.3) is 11.1 Å². The Balaban J connectivity index is 1.92. The summed E-state index contributed by atoms with van der Waals surface area (Å²) in [7, 11) is 0. The van der Waals surface area contributed by atoms with E-state index in [-0.39, 0.29) is 17.3 Å². The van der Waals surface area contributed by atoms with Crippen LogP contribution in [0.5, 0.6) is 0 Å². The van der Waals surface area contributed by atoms with E-state index in [4.69, 9.17) is 9.52 Å². The number of nitrogens with one attached hydrogen (secondary N) is 1. The smallest absolute Gasteiger partial charge is 0.335 e. The summed E-state index contributed by atoms with van der Waals surface area (Å²) in [6.07, 6.45) is 0. The van der Waals surface area contributed by atoms with Crippen molar-refractivity contribution >= 4 is 28.8 Å². The average molecular weight is 272 g/mol. The molecule has 6 heteroatoms. The summed E-state index contributed by atoms with van der Waals surface area (Å²) in [4.78, 5) is 14.9. The monoisotopic (exact) mass is 272 g/mol. The third-order valence-corrected chi connectivity index (χ3v) is 2.75. The standard InChI is InChI=1S/C14H9FN2O3/c15-9-7-8(13(18)19)5-6-10(9)16-14-17-11-3-1-2-4-12(11)20-14/h1-7H,(H,16,17)(H,18,19). The Hall–Kier alpha value is -2.89. The second-order valence-electron chi connectivity index (χ2n) is 4.11. The fourth-order valence-corrected chi connectivity index (χ4v) is 1.79. The molecule has 0 bridgehead atoms. The molecule has 0 saturated carbocycles. The first-order valence-electron chi connectivity index (χ1n) is 5.79. The van der Waals surface area contributed by atoms with Gasteiger partial charge >= 0.3 is 5.97 Å². The van der Waals surface area contributed by atoms with Gasteiger partial charge in [-0.3, -0.25) is 0 Å². The molecule has 2 aromatic carbocycles. The van der Waals surface area contributed by atoms with E-state index >= 15 is 0 Å². The number of rotatable bonds is 3. The number of aromatic carboxylic acids is 1. The first-order chi connectivity index (χ1) is 9.63.